The summed E-state index contributed by atoms with van der Waals surface area (Å²) >= 11 is 6.81. The van der Waals surface area contributed by atoms with Crippen LogP contribution < -0.4 is 5.32 Å². The summed E-state index contributed by atoms with van der Waals surface area (Å²) in [4.78, 5) is 12.3. The van der Waals surface area contributed by atoms with Crippen molar-refractivity contribution in [3.05, 3.63) is 62.8 Å². The lowest BCUT2D eigenvalue weighted by molar-refractivity contribution is -0.117. The number of benzene rings is 2. The van der Waals surface area contributed by atoms with E-state index in [1.54, 1.807) is 12.1 Å². The summed E-state index contributed by atoms with van der Waals surface area (Å²) in [6, 6.07) is 12.0. The molecule has 3 rings (SSSR count). The van der Waals surface area contributed by atoms with Gasteiger partial charge >= 0.3 is 0 Å². The summed E-state index contributed by atoms with van der Waals surface area (Å²) in [5.41, 5.74) is 1.77. The quantitative estimate of drug-likeness (QED) is 0.747. The Morgan fingerprint density at radius 2 is 1.86 bits per heavy atom. The van der Waals surface area contributed by atoms with Crippen LogP contribution in [0.3, 0.4) is 0 Å². The molecule has 108 valence electrons. The fourth-order valence-electron chi connectivity index (χ4n) is 2.38. The highest BCUT2D eigenvalue weighted by Crippen LogP contribution is 2.48. The molecule has 0 aromatic heterocycles. The minimum Gasteiger partial charge on any atom is -0.325 e. The van der Waals surface area contributed by atoms with Crippen LogP contribution in [-0.4, -0.2) is 5.91 Å². The topological polar surface area (TPSA) is 29.1 Å². The number of nitrogens with one attached hydrogen (secondary N) is 1. The van der Waals surface area contributed by atoms with Crippen molar-refractivity contribution in [3.63, 3.8) is 0 Å². The lowest BCUT2D eigenvalue weighted by atomic mass is 10.1. The molecule has 0 aliphatic heterocycles. The molecule has 0 saturated heterocycles. The molecule has 2 nitrogen and oxygen atoms in total. The molecule has 2 unspecified atom stereocenters. The Kier molecular flexibility index (Phi) is 4.13. The monoisotopic (exact) mass is 411 g/mol. The Balaban J connectivity index is 1.68. The smallest absolute Gasteiger partial charge is 0.228 e. The van der Waals surface area contributed by atoms with Gasteiger partial charge in [0, 0.05) is 14.9 Å². The van der Waals surface area contributed by atoms with E-state index < -0.39 is 0 Å². The SMILES string of the molecule is O=C(Nc1cc(Br)ccc1Br)C1CC1c1ccc(F)cc1. The van der Waals surface area contributed by atoms with E-state index in [2.05, 4.69) is 37.2 Å². The van der Waals surface area contributed by atoms with Crippen LogP contribution in [0, 0.1) is 11.7 Å². The average Bonchev–Trinajstić information content (AvgIpc) is 3.24. The van der Waals surface area contributed by atoms with Crippen molar-refractivity contribution in [1.29, 1.82) is 0 Å². The predicted molar refractivity (Wildman–Crippen MR) is 87.7 cm³/mol. The maximum Gasteiger partial charge on any atom is 0.228 e. The van der Waals surface area contributed by atoms with Gasteiger partial charge in [-0.15, -0.1) is 0 Å². The Labute approximate surface area is 139 Å². The summed E-state index contributed by atoms with van der Waals surface area (Å²) in [6.07, 6.45) is 0.809. The molecular weight excluding hydrogens is 401 g/mol. The molecule has 0 heterocycles. The van der Waals surface area contributed by atoms with E-state index in [1.807, 2.05) is 18.2 Å². The predicted octanol–water partition coefficient (Wildman–Crippen LogP) is 5.09. The van der Waals surface area contributed by atoms with E-state index in [-0.39, 0.29) is 23.6 Å². The molecule has 2 aromatic rings. The Hall–Kier alpha value is -1.20. The average molecular weight is 413 g/mol. The van der Waals surface area contributed by atoms with Crippen LogP contribution in [0.25, 0.3) is 0 Å². The second kappa shape index (κ2) is 5.89. The van der Waals surface area contributed by atoms with Gasteiger partial charge in [0.25, 0.3) is 0 Å². The number of halogens is 3. The molecule has 2 aromatic carbocycles. The Bertz CT molecular complexity index is 687. The molecule has 1 aliphatic rings. The number of carbonyl (C=O) groups excluding carboxylic acids is 1. The molecule has 1 saturated carbocycles. The zero-order valence-electron chi connectivity index (χ0n) is 10.9. The summed E-state index contributed by atoms with van der Waals surface area (Å²) in [7, 11) is 0. The normalized spacial score (nSPS) is 20.1. The molecule has 1 N–H and O–H groups in total. The number of amides is 1. The van der Waals surface area contributed by atoms with Crippen molar-refractivity contribution in [2.45, 2.75) is 12.3 Å². The van der Waals surface area contributed by atoms with Gasteiger partial charge in [-0.1, -0.05) is 28.1 Å². The molecule has 1 fully saturated rings. The molecule has 0 spiro atoms. The lowest BCUT2D eigenvalue weighted by Crippen LogP contribution is -2.14. The van der Waals surface area contributed by atoms with E-state index in [4.69, 9.17) is 0 Å². The van der Waals surface area contributed by atoms with E-state index in [0.717, 1.165) is 26.6 Å². The molecule has 2 atom stereocenters. The van der Waals surface area contributed by atoms with Crippen LogP contribution in [0.1, 0.15) is 17.9 Å². The highest BCUT2D eigenvalue weighted by molar-refractivity contribution is 9.11. The van der Waals surface area contributed by atoms with Crippen LogP contribution >= 0.6 is 31.9 Å². The third kappa shape index (κ3) is 3.35. The van der Waals surface area contributed by atoms with Crippen LogP contribution in [-0.2, 0) is 4.79 Å². The zero-order chi connectivity index (χ0) is 15.0. The third-order valence-corrected chi connectivity index (χ3v) is 4.80. The van der Waals surface area contributed by atoms with Crippen molar-refractivity contribution < 1.29 is 9.18 Å². The molecule has 5 heteroatoms. The summed E-state index contributed by atoms with van der Waals surface area (Å²) in [6.45, 7) is 0. The second-order valence-electron chi connectivity index (χ2n) is 5.11. The summed E-state index contributed by atoms with van der Waals surface area (Å²) in [5, 5.41) is 2.93. The first kappa shape index (κ1) is 14.7. The van der Waals surface area contributed by atoms with Gasteiger partial charge < -0.3 is 5.32 Å². The number of anilines is 1. The minimum atomic E-state index is -0.251. The second-order valence-corrected chi connectivity index (χ2v) is 6.88. The standard InChI is InChI=1S/C16H12Br2FNO/c17-10-3-6-14(18)15(7-10)20-16(21)13-8-12(13)9-1-4-11(19)5-2-9/h1-7,12-13H,8H2,(H,20,21). The van der Waals surface area contributed by atoms with Gasteiger partial charge in [0.15, 0.2) is 0 Å². The third-order valence-electron chi connectivity index (χ3n) is 3.61. The van der Waals surface area contributed by atoms with Crippen molar-refractivity contribution in [2.75, 3.05) is 5.32 Å². The fourth-order valence-corrected chi connectivity index (χ4v) is 3.09. The van der Waals surface area contributed by atoms with Crippen molar-refractivity contribution in [1.82, 2.24) is 0 Å². The van der Waals surface area contributed by atoms with Gasteiger partial charge in [-0.2, -0.15) is 0 Å². The van der Waals surface area contributed by atoms with Crippen LogP contribution in [0.15, 0.2) is 51.4 Å². The highest BCUT2D eigenvalue weighted by Gasteiger charge is 2.44. The molecule has 0 bridgehead atoms. The first-order chi connectivity index (χ1) is 10.0. The van der Waals surface area contributed by atoms with Crippen LogP contribution in [0.2, 0.25) is 0 Å². The highest BCUT2D eigenvalue weighted by atomic mass is 79.9. The first-order valence-corrected chi connectivity index (χ1v) is 8.14. The zero-order valence-corrected chi connectivity index (χ0v) is 14.1. The summed E-state index contributed by atoms with van der Waals surface area (Å²) in [5.74, 6) is -0.0977. The van der Waals surface area contributed by atoms with Gasteiger partial charge in [0.1, 0.15) is 5.82 Å². The van der Waals surface area contributed by atoms with Gasteiger partial charge in [0.05, 0.1) is 5.69 Å². The molecule has 1 aliphatic carbocycles. The number of rotatable bonds is 3. The van der Waals surface area contributed by atoms with E-state index in [1.165, 1.54) is 12.1 Å². The largest absolute Gasteiger partial charge is 0.325 e. The van der Waals surface area contributed by atoms with E-state index in [9.17, 15) is 9.18 Å². The number of carbonyl (C=O) groups is 1. The van der Waals surface area contributed by atoms with Crippen LogP contribution in [0.5, 0.6) is 0 Å². The molecule has 1 amide bonds. The van der Waals surface area contributed by atoms with Gasteiger partial charge in [-0.25, -0.2) is 4.39 Å². The van der Waals surface area contributed by atoms with E-state index >= 15 is 0 Å². The van der Waals surface area contributed by atoms with Gasteiger partial charge in [-0.3, -0.25) is 4.79 Å². The molecule has 21 heavy (non-hydrogen) atoms. The van der Waals surface area contributed by atoms with Gasteiger partial charge in [-0.05, 0) is 64.2 Å². The number of hydrogen-bond donors (Lipinski definition) is 1. The maximum atomic E-state index is 12.9. The van der Waals surface area contributed by atoms with Crippen molar-refractivity contribution in [3.8, 4) is 0 Å². The molecular formula is C16H12Br2FNO. The Morgan fingerprint density at radius 1 is 1.14 bits per heavy atom. The van der Waals surface area contributed by atoms with Crippen molar-refractivity contribution in [2.24, 2.45) is 5.92 Å². The Morgan fingerprint density at radius 3 is 2.57 bits per heavy atom. The summed E-state index contributed by atoms with van der Waals surface area (Å²) < 4.78 is 14.7. The fraction of sp³-hybridized carbons (Fsp3) is 0.188. The van der Waals surface area contributed by atoms with Crippen LogP contribution in [0.4, 0.5) is 10.1 Å². The number of hydrogen-bond acceptors (Lipinski definition) is 1. The van der Waals surface area contributed by atoms with E-state index in [0.29, 0.717) is 0 Å². The minimum absolute atomic E-state index is 0.00289. The maximum absolute atomic E-state index is 12.9. The van der Waals surface area contributed by atoms with Crippen molar-refractivity contribution >= 4 is 43.5 Å². The molecule has 0 radical (unpaired) electrons. The first-order valence-electron chi connectivity index (χ1n) is 6.56. The lowest BCUT2D eigenvalue weighted by Gasteiger charge is -2.08. The van der Waals surface area contributed by atoms with Gasteiger partial charge in [0.2, 0.25) is 5.91 Å².